The lowest BCUT2D eigenvalue weighted by Crippen LogP contribution is -2.31. The number of amides is 1. The van der Waals surface area contributed by atoms with Crippen molar-refractivity contribution < 1.29 is 4.79 Å². The van der Waals surface area contributed by atoms with E-state index in [0.717, 1.165) is 11.1 Å². The molecule has 0 unspecified atom stereocenters. The Morgan fingerprint density at radius 1 is 1.24 bits per heavy atom. The first-order chi connectivity index (χ1) is 8.24. The molecule has 0 aliphatic rings. The Morgan fingerprint density at radius 2 is 1.82 bits per heavy atom. The molecule has 0 aliphatic carbocycles. The van der Waals surface area contributed by atoms with Crippen LogP contribution < -0.4 is 0 Å². The molecule has 0 saturated heterocycles. The number of halogens is 1. The number of nitrogens with zero attached hydrogens (tertiary/aromatic N) is 1. The molecule has 90 valence electrons. The second kappa shape index (κ2) is 7.07. The molecule has 0 fully saturated rings. The van der Waals surface area contributed by atoms with E-state index < -0.39 is 0 Å². The molecule has 0 aliphatic heterocycles. The van der Waals surface area contributed by atoms with Gasteiger partial charge in [0.25, 0.3) is 5.91 Å². The lowest BCUT2D eigenvalue weighted by atomic mass is 10.1. The van der Waals surface area contributed by atoms with Crippen molar-refractivity contribution >= 4 is 21.8 Å². The summed E-state index contributed by atoms with van der Waals surface area (Å²) in [4.78, 5) is 14.0. The zero-order valence-corrected chi connectivity index (χ0v) is 11.3. The normalized spacial score (nSPS) is 9.71. The molecular formula is C14H16BrNO. The van der Waals surface area contributed by atoms with Crippen LogP contribution >= 0.6 is 15.9 Å². The van der Waals surface area contributed by atoms with Gasteiger partial charge < -0.3 is 4.90 Å². The topological polar surface area (TPSA) is 20.3 Å². The van der Waals surface area contributed by atoms with Crippen LogP contribution in [0, 0.1) is 0 Å². The lowest BCUT2D eigenvalue weighted by Gasteiger charge is -2.20. The lowest BCUT2D eigenvalue weighted by molar-refractivity contribution is 0.0790. The molecule has 0 aromatic heterocycles. The molecule has 1 amide bonds. The smallest absolute Gasteiger partial charge is 0.254 e. The Balaban J connectivity index is 2.99. The van der Waals surface area contributed by atoms with Crippen LogP contribution in [0.25, 0.3) is 0 Å². The van der Waals surface area contributed by atoms with Crippen molar-refractivity contribution in [3.05, 3.63) is 60.7 Å². The van der Waals surface area contributed by atoms with Crippen molar-refractivity contribution in [2.24, 2.45) is 0 Å². The molecule has 0 saturated carbocycles. The van der Waals surface area contributed by atoms with Gasteiger partial charge >= 0.3 is 0 Å². The molecular weight excluding hydrogens is 278 g/mol. The number of alkyl halides is 1. The van der Waals surface area contributed by atoms with Crippen LogP contribution in [0.5, 0.6) is 0 Å². The maximum absolute atomic E-state index is 12.3. The summed E-state index contributed by atoms with van der Waals surface area (Å²) in [7, 11) is 0. The zero-order chi connectivity index (χ0) is 12.7. The van der Waals surface area contributed by atoms with E-state index in [2.05, 4.69) is 29.1 Å². The molecule has 1 aromatic carbocycles. The van der Waals surface area contributed by atoms with Crippen LogP contribution in [0.15, 0.2) is 49.6 Å². The van der Waals surface area contributed by atoms with Gasteiger partial charge in [-0.2, -0.15) is 0 Å². The average molecular weight is 294 g/mol. The molecule has 1 aromatic rings. The molecule has 0 bridgehead atoms. The Labute approximate surface area is 111 Å². The van der Waals surface area contributed by atoms with E-state index in [9.17, 15) is 4.79 Å². The van der Waals surface area contributed by atoms with Gasteiger partial charge in [-0.1, -0.05) is 46.3 Å². The fourth-order valence-electron chi connectivity index (χ4n) is 1.57. The number of benzene rings is 1. The summed E-state index contributed by atoms with van der Waals surface area (Å²) < 4.78 is 0. The van der Waals surface area contributed by atoms with E-state index in [1.165, 1.54) is 0 Å². The van der Waals surface area contributed by atoms with Crippen LogP contribution in [-0.4, -0.2) is 23.9 Å². The van der Waals surface area contributed by atoms with E-state index in [1.54, 1.807) is 17.1 Å². The maximum Gasteiger partial charge on any atom is 0.254 e. The van der Waals surface area contributed by atoms with Crippen LogP contribution in [-0.2, 0) is 5.33 Å². The Kier molecular flexibility index (Phi) is 5.70. The fourth-order valence-corrected chi connectivity index (χ4v) is 2.06. The van der Waals surface area contributed by atoms with E-state index >= 15 is 0 Å². The number of rotatable bonds is 6. The summed E-state index contributed by atoms with van der Waals surface area (Å²) in [6, 6.07) is 7.60. The van der Waals surface area contributed by atoms with Gasteiger partial charge in [-0.05, 0) is 11.6 Å². The third-order valence-electron chi connectivity index (χ3n) is 2.38. The first kappa shape index (κ1) is 13.7. The number of carbonyl (C=O) groups is 1. The van der Waals surface area contributed by atoms with Crippen molar-refractivity contribution in [1.82, 2.24) is 4.90 Å². The maximum atomic E-state index is 12.3. The first-order valence-corrected chi connectivity index (χ1v) is 6.51. The SMILES string of the molecule is C=CCN(CC=C)C(=O)c1ccccc1CBr. The largest absolute Gasteiger partial charge is 0.331 e. The van der Waals surface area contributed by atoms with E-state index in [4.69, 9.17) is 0 Å². The van der Waals surface area contributed by atoms with E-state index in [1.807, 2.05) is 24.3 Å². The first-order valence-electron chi connectivity index (χ1n) is 5.39. The summed E-state index contributed by atoms with van der Waals surface area (Å²) >= 11 is 3.39. The Bertz CT molecular complexity index is 404. The predicted octanol–water partition coefficient (Wildman–Crippen LogP) is 3.40. The van der Waals surface area contributed by atoms with Crippen molar-refractivity contribution in [3.8, 4) is 0 Å². The highest BCUT2D eigenvalue weighted by Crippen LogP contribution is 2.15. The highest BCUT2D eigenvalue weighted by molar-refractivity contribution is 9.08. The van der Waals surface area contributed by atoms with Crippen molar-refractivity contribution in [2.45, 2.75) is 5.33 Å². The molecule has 1 rings (SSSR count). The summed E-state index contributed by atoms with van der Waals surface area (Å²) in [6.07, 6.45) is 3.44. The second-order valence-electron chi connectivity index (χ2n) is 3.58. The number of hydrogen-bond acceptors (Lipinski definition) is 1. The Morgan fingerprint density at radius 3 is 2.35 bits per heavy atom. The minimum atomic E-state index is 0.0138. The van der Waals surface area contributed by atoms with E-state index in [-0.39, 0.29) is 5.91 Å². The van der Waals surface area contributed by atoms with Crippen LogP contribution in [0.4, 0.5) is 0 Å². The Hall–Kier alpha value is -1.35. The van der Waals surface area contributed by atoms with Gasteiger partial charge in [0.05, 0.1) is 0 Å². The molecule has 17 heavy (non-hydrogen) atoms. The number of hydrogen-bond donors (Lipinski definition) is 0. The quantitative estimate of drug-likeness (QED) is 0.581. The van der Waals surface area contributed by atoms with Crippen LogP contribution in [0.1, 0.15) is 15.9 Å². The standard InChI is InChI=1S/C14H16BrNO/c1-3-9-16(10-4-2)14(17)13-8-6-5-7-12(13)11-15/h3-8H,1-2,9-11H2. The highest BCUT2D eigenvalue weighted by Gasteiger charge is 2.15. The molecule has 0 heterocycles. The van der Waals surface area contributed by atoms with Gasteiger partial charge in [-0.25, -0.2) is 0 Å². The average Bonchev–Trinajstić information content (AvgIpc) is 2.37. The van der Waals surface area contributed by atoms with E-state index in [0.29, 0.717) is 18.4 Å². The molecule has 0 spiro atoms. The minimum absolute atomic E-state index is 0.0138. The third kappa shape index (κ3) is 3.56. The summed E-state index contributed by atoms with van der Waals surface area (Å²) in [6.45, 7) is 8.39. The van der Waals surface area contributed by atoms with Gasteiger partial charge in [0.2, 0.25) is 0 Å². The van der Waals surface area contributed by atoms with Crippen LogP contribution in [0.3, 0.4) is 0 Å². The van der Waals surface area contributed by atoms with Gasteiger partial charge in [-0.3, -0.25) is 4.79 Å². The van der Waals surface area contributed by atoms with Gasteiger partial charge in [0.15, 0.2) is 0 Å². The van der Waals surface area contributed by atoms with Crippen molar-refractivity contribution in [1.29, 1.82) is 0 Å². The predicted molar refractivity (Wildman–Crippen MR) is 75.4 cm³/mol. The van der Waals surface area contributed by atoms with Crippen molar-refractivity contribution in [3.63, 3.8) is 0 Å². The molecule has 3 heteroatoms. The van der Waals surface area contributed by atoms with Gasteiger partial charge in [-0.15, -0.1) is 13.2 Å². The fraction of sp³-hybridized carbons (Fsp3) is 0.214. The summed E-state index contributed by atoms with van der Waals surface area (Å²) in [5.41, 5.74) is 1.73. The van der Waals surface area contributed by atoms with Crippen LogP contribution in [0.2, 0.25) is 0 Å². The zero-order valence-electron chi connectivity index (χ0n) is 9.73. The third-order valence-corrected chi connectivity index (χ3v) is 2.98. The second-order valence-corrected chi connectivity index (χ2v) is 4.14. The summed E-state index contributed by atoms with van der Waals surface area (Å²) in [5, 5.41) is 0.672. The minimum Gasteiger partial charge on any atom is -0.331 e. The van der Waals surface area contributed by atoms with Gasteiger partial charge in [0, 0.05) is 24.0 Å². The number of carbonyl (C=O) groups excluding carboxylic acids is 1. The molecule has 2 nitrogen and oxygen atoms in total. The van der Waals surface area contributed by atoms with Crippen molar-refractivity contribution in [2.75, 3.05) is 13.1 Å². The van der Waals surface area contributed by atoms with Gasteiger partial charge in [0.1, 0.15) is 0 Å². The molecule has 0 atom stereocenters. The summed E-state index contributed by atoms with van der Waals surface area (Å²) in [5.74, 6) is 0.0138. The molecule has 0 N–H and O–H groups in total. The molecule has 0 radical (unpaired) electrons. The monoisotopic (exact) mass is 293 g/mol. The highest BCUT2D eigenvalue weighted by atomic mass is 79.9.